The lowest BCUT2D eigenvalue weighted by molar-refractivity contribution is -0.139. The van der Waals surface area contributed by atoms with E-state index in [-0.39, 0.29) is 17.8 Å². The third-order valence-corrected chi connectivity index (χ3v) is 6.36. The fourth-order valence-corrected chi connectivity index (χ4v) is 4.59. The molecule has 2 heterocycles. The van der Waals surface area contributed by atoms with Gasteiger partial charge in [-0.1, -0.05) is 56.8 Å². The van der Waals surface area contributed by atoms with Crippen LogP contribution < -0.4 is 4.74 Å². The second-order valence-electron chi connectivity index (χ2n) is 7.18. The average molecular weight is 429 g/mol. The Kier molecular flexibility index (Phi) is 7.37. The molecule has 7 heteroatoms. The van der Waals surface area contributed by atoms with E-state index in [9.17, 15) is 9.59 Å². The van der Waals surface area contributed by atoms with Gasteiger partial charge in [0.25, 0.3) is 0 Å². The van der Waals surface area contributed by atoms with Crippen LogP contribution in [-0.2, 0) is 14.3 Å². The zero-order chi connectivity index (χ0) is 21.7. The molecule has 0 radical (unpaired) electrons. The lowest BCUT2D eigenvalue weighted by atomic mass is 9.94. The van der Waals surface area contributed by atoms with E-state index in [2.05, 4.69) is 18.5 Å². The monoisotopic (exact) mass is 428 g/mol. The SMILES string of the molecule is C=CCOC(=O)C1=C(C)N=C2SC(CC)C(=O)N2C1c1ccc(OCCCC)cc1. The summed E-state index contributed by atoms with van der Waals surface area (Å²) in [5, 5.41) is 0.442. The maximum Gasteiger partial charge on any atom is 0.338 e. The Hall–Kier alpha value is -2.54. The minimum Gasteiger partial charge on any atom is -0.494 e. The van der Waals surface area contributed by atoms with E-state index in [1.807, 2.05) is 31.2 Å². The summed E-state index contributed by atoms with van der Waals surface area (Å²) in [5.41, 5.74) is 1.77. The van der Waals surface area contributed by atoms with E-state index in [0.717, 1.165) is 24.2 Å². The number of thioether (sulfide) groups is 1. The normalized spacial score (nSPS) is 20.7. The number of carbonyl (C=O) groups is 2. The van der Waals surface area contributed by atoms with E-state index in [0.29, 0.717) is 29.5 Å². The summed E-state index contributed by atoms with van der Waals surface area (Å²) >= 11 is 1.45. The molecule has 0 N–H and O–H groups in total. The third-order valence-electron chi connectivity index (χ3n) is 5.04. The number of hydrogen-bond acceptors (Lipinski definition) is 6. The number of esters is 1. The van der Waals surface area contributed by atoms with E-state index < -0.39 is 12.0 Å². The van der Waals surface area contributed by atoms with Crippen molar-refractivity contribution in [2.75, 3.05) is 13.2 Å². The number of rotatable bonds is 9. The summed E-state index contributed by atoms with van der Waals surface area (Å²) in [6.07, 6.45) is 4.27. The Morgan fingerprint density at radius 2 is 2.03 bits per heavy atom. The maximum absolute atomic E-state index is 13.1. The Labute approximate surface area is 182 Å². The summed E-state index contributed by atoms with van der Waals surface area (Å²) in [6.45, 7) is 10.2. The van der Waals surface area contributed by atoms with Gasteiger partial charge in [-0.15, -0.1) is 0 Å². The van der Waals surface area contributed by atoms with E-state index in [1.54, 1.807) is 11.8 Å². The molecule has 30 heavy (non-hydrogen) atoms. The van der Waals surface area contributed by atoms with Gasteiger partial charge in [0.05, 0.1) is 29.2 Å². The number of carbonyl (C=O) groups excluding carboxylic acids is 2. The highest BCUT2D eigenvalue weighted by atomic mass is 32.2. The van der Waals surface area contributed by atoms with Crippen molar-refractivity contribution in [3.63, 3.8) is 0 Å². The topological polar surface area (TPSA) is 68.2 Å². The molecule has 6 nitrogen and oxygen atoms in total. The predicted molar refractivity (Wildman–Crippen MR) is 119 cm³/mol. The molecule has 3 rings (SSSR count). The first-order chi connectivity index (χ1) is 14.5. The van der Waals surface area contributed by atoms with Crippen LogP contribution >= 0.6 is 11.8 Å². The van der Waals surface area contributed by atoms with Gasteiger partial charge in [-0.25, -0.2) is 9.79 Å². The minimum atomic E-state index is -0.573. The van der Waals surface area contributed by atoms with Crippen molar-refractivity contribution in [1.82, 2.24) is 4.90 Å². The first-order valence-corrected chi connectivity index (χ1v) is 11.2. The number of ether oxygens (including phenoxy) is 2. The molecule has 1 saturated heterocycles. The van der Waals surface area contributed by atoms with Gasteiger partial charge in [-0.05, 0) is 37.5 Å². The van der Waals surface area contributed by atoms with Crippen LogP contribution in [0.15, 0.2) is 53.2 Å². The molecule has 0 spiro atoms. The number of amidine groups is 1. The second-order valence-corrected chi connectivity index (χ2v) is 8.35. The molecular formula is C23H28N2O4S. The number of amides is 1. The molecule has 0 aromatic heterocycles. The quantitative estimate of drug-likeness (QED) is 0.326. The molecule has 1 aromatic carbocycles. The van der Waals surface area contributed by atoms with Gasteiger partial charge < -0.3 is 9.47 Å². The molecule has 2 aliphatic heterocycles. The predicted octanol–water partition coefficient (Wildman–Crippen LogP) is 4.63. The van der Waals surface area contributed by atoms with Gasteiger partial charge in [-0.2, -0.15) is 0 Å². The molecule has 0 bridgehead atoms. The average Bonchev–Trinajstić information content (AvgIpc) is 3.06. The smallest absolute Gasteiger partial charge is 0.338 e. The molecule has 1 aromatic rings. The van der Waals surface area contributed by atoms with Crippen molar-refractivity contribution in [1.29, 1.82) is 0 Å². The largest absolute Gasteiger partial charge is 0.494 e. The van der Waals surface area contributed by atoms with Crippen molar-refractivity contribution in [2.45, 2.75) is 51.3 Å². The highest BCUT2D eigenvalue weighted by Crippen LogP contribution is 2.44. The molecule has 1 amide bonds. The number of hydrogen-bond donors (Lipinski definition) is 0. The van der Waals surface area contributed by atoms with Crippen LogP contribution in [0, 0.1) is 0 Å². The molecule has 160 valence electrons. The first kappa shape index (κ1) is 22.2. The van der Waals surface area contributed by atoms with Crippen LogP contribution in [0.3, 0.4) is 0 Å². The maximum atomic E-state index is 13.1. The van der Waals surface area contributed by atoms with Crippen LogP contribution in [-0.4, -0.2) is 40.4 Å². The van der Waals surface area contributed by atoms with Crippen molar-refractivity contribution in [2.24, 2.45) is 4.99 Å². The number of benzene rings is 1. The van der Waals surface area contributed by atoms with E-state index in [1.165, 1.54) is 17.8 Å². The molecule has 0 saturated carbocycles. The highest BCUT2D eigenvalue weighted by Gasteiger charge is 2.47. The molecule has 0 aliphatic carbocycles. The van der Waals surface area contributed by atoms with Gasteiger partial charge in [-0.3, -0.25) is 9.69 Å². The van der Waals surface area contributed by atoms with Crippen molar-refractivity contribution in [3.8, 4) is 5.75 Å². The number of fused-ring (bicyclic) bond motifs is 1. The van der Waals surface area contributed by atoms with Crippen LogP contribution in [0.5, 0.6) is 5.75 Å². The number of unbranched alkanes of at least 4 members (excludes halogenated alkanes) is 1. The Morgan fingerprint density at radius 3 is 2.67 bits per heavy atom. The summed E-state index contributed by atoms with van der Waals surface area (Å²) in [4.78, 5) is 32.2. The number of allylic oxidation sites excluding steroid dienone is 1. The molecule has 2 aliphatic rings. The number of nitrogens with zero attached hydrogens (tertiary/aromatic N) is 2. The van der Waals surface area contributed by atoms with Gasteiger partial charge >= 0.3 is 5.97 Å². The van der Waals surface area contributed by atoms with E-state index >= 15 is 0 Å². The van der Waals surface area contributed by atoms with Gasteiger partial charge in [0.2, 0.25) is 5.91 Å². The lowest BCUT2D eigenvalue weighted by Crippen LogP contribution is -2.40. The standard InChI is InChI=1S/C23H28N2O4S/c1-5-8-14-28-17-11-9-16(10-12-17)20-19(22(27)29-13-6-2)15(4)24-23-25(20)21(26)18(7-3)30-23/h6,9-12,18,20H,2,5,7-8,13-14H2,1,3-4H3. The fourth-order valence-electron chi connectivity index (χ4n) is 3.46. The van der Waals surface area contributed by atoms with Gasteiger partial charge in [0.1, 0.15) is 12.4 Å². The fraction of sp³-hybridized carbons (Fsp3) is 0.435. The molecule has 1 fully saturated rings. The van der Waals surface area contributed by atoms with Gasteiger partial charge in [0, 0.05) is 0 Å². The van der Waals surface area contributed by atoms with Crippen molar-refractivity contribution in [3.05, 3.63) is 53.8 Å². The van der Waals surface area contributed by atoms with Crippen LogP contribution in [0.4, 0.5) is 0 Å². The van der Waals surface area contributed by atoms with Crippen LogP contribution in [0.1, 0.15) is 51.6 Å². The lowest BCUT2D eigenvalue weighted by Gasteiger charge is -2.33. The minimum absolute atomic E-state index is 0.0314. The Bertz CT molecular complexity index is 876. The molecule has 2 unspecified atom stereocenters. The second kappa shape index (κ2) is 9.98. The zero-order valence-corrected chi connectivity index (χ0v) is 18.5. The Morgan fingerprint density at radius 1 is 1.30 bits per heavy atom. The zero-order valence-electron chi connectivity index (χ0n) is 17.7. The molecule has 2 atom stereocenters. The summed E-state index contributed by atoms with van der Waals surface area (Å²) in [6, 6.07) is 6.99. The van der Waals surface area contributed by atoms with Gasteiger partial charge in [0.15, 0.2) is 5.17 Å². The van der Waals surface area contributed by atoms with Crippen LogP contribution in [0.2, 0.25) is 0 Å². The first-order valence-electron chi connectivity index (χ1n) is 10.3. The summed E-state index contributed by atoms with van der Waals surface area (Å²) in [7, 11) is 0. The molecular weight excluding hydrogens is 400 g/mol. The highest BCUT2D eigenvalue weighted by molar-refractivity contribution is 8.15. The third kappa shape index (κ3) is 4.46. The Balaban J connectivity index is 1.97. The number of aliphatic imine (C=N–C) groups is 1. The summed E-state index contributed by atoms with van der Waals surface area (Å²) in [5.74, 6) is 0.249. The van der Waals surface area contributed by atoms with Crippen molar-refractivity contribution >= 4 is 28.8 Å². The van der Waals surface area contributed by atoms with Crippen molar-refractivity contribution < 1.29 is 19.1 Å². The van der Waals surface area contributed by atoms with Crippen LogP contribution in [0.25, 0.3) is 0 Å². The summed E-state index contributed by atoms with van der Waals surface area (Å²) < 4.78 is 11.1. The van der Waals surface area contributed by atoms with E-state index in [4.69, 9.17) is 9.47 Å².